The maximum atomic E-state index is 12.6. The molecule has 1 aromatic carbocycles. The Morgan fingerprint density at radius 2 is 1.68 bits per heavy atom. The van der Waals surface area contributed by atoms with Gasteiger partial charge in [0.25, 0.3) is 0 Å². The van der Waals surface area contributed by atoms with Gasteiger partial charge in [-0.25, -0.2) is 9.59 Å². The van der Waals surface area contributed by atoms with Crippen LogP contribution in [0, 0.1) is 0 Å². The molecular formula is C20H30N2O6. The molecule has 1 aromatic rings. The smallest absolute Gasteiger partial charge is 0.410 e. The summed E-state index contributed by atoms with van der Waals surface area (Å²) in [6.45, 7) is 8.19. The largest absolute Gasteiger partial charge is 0.480 e. The lowest BCUT2D eigenvalue weighted by Crippen LogP contribution is -2.59. The minimum atomic E-state index is -1.32. The number of carboxylic acid groups (broad SMARTS) is 1. The van der Waals surface area contributed by atoms with Gasteiger partial charge in [0.05, 0.1) is 13.2 Å². The maximum Gasteiger partial charge on any atom is 0.410 e. The van der Waals surface area contributed by atoms with Crippen LogP contribution >= 0.6 is 0 Å². The van der Waals surface area contributed by atoms with Crippen molar-refractivity contribution in [3.63, 3.8) is 0 Å². The average Bonchev–Trinajstić information content (AvgIpc) is 2.59. The van der Waals surface area contributed by atoms with Crippen LogP contribution in [-0.4, -0.2) is 58.8 Å². The van der Waals surface area contributed by atoms with E-state index in [1.807, 2.05) is 30.3 Å². The lowest BCUT2D eigenvalue weighted by molar-refractivity contribution is -0.145. The normalized spacial score (nSPS) is 12.8. The van der Waals surface area contributed by atoms with Crippen LogP contribution in [0.2, 0.25) is 0 Å². The molecule has 1 atom stereocenters. The van der Waals surface area contributed by atoms with Gasteiger partial charge in [-0.05, 0) is 40.2 Å². The second-order valence-electron chi connectivity index (χ2n) is 7.96. The molecule has 0 spiro atoms. The van der Waals surface area contributed by atoms with Crippen LogP contribution in [0.15, 0.2) is 30.3 Å². The minimum absolute atomic E-state index is 0.206. The highest BCUT2D eigenvalue weighted by Gasteiger charge is 2.39. The van der Waals surface area contributed by atoms with Crippen LogP contribution in [0.25, 0.3) is 0 Å². The molecule has 0 aromatic heterocycles. The van der Waals surface area contributed by atoms with Gasteiger partial charge in [0.15, 0.2) is 6.04 Å². The van der Waals surface area contributed by atoms with Gasteiger partial charge >= 0.3 is 12.1 Å². The number of aliphatic carboxylic acids is 1. The van der Waals surface area contributed by atoms with E-state index in [0.29, 0.717) is 0 Å². The van der Waals surface area contributed by atoms with E-state index in [2.05, 4.69) is 5.32 Å². The summed E-state index contributed by atoms with van der Waals surface area (Å²) in [7, 11) is 1.43. The molecular weight excluding hydrogens is 364 g/mol. The molecule has 0 radical (unpaired) electrons. The number of nitrogens with zero attached hydrogens (tertiary/aromatic N) is 1. The quantitative estimate of drug-likeness (QED) is 0.702. The van der Waals surface area contributed by atoms with Crippen LogP contribution in [0.5, 0.6) is 0 Å². The summed E-state index contributed by atoms with van der Waals surface area (Å²) in [4.78, 5) is 37.5. The fourth-order valence-corrected chi connectivity index (χ4v) is 2.09. The standard InChI is InChI=1S/C20H30N2O6/c1-19(2,3)28-18(26)22(6)20(4,5)17(25)21-15(16(23)24)13-27-12-14-10-8-7-9-11-14/h7-11,15H,12-13H2,1-6H3,(H,21,25)(H,23,24). The molecule has 0 aliphatic heterocycles. The van der Waals surface area contributed by atoms with E-state index >= 15 is 0 Å². The van der Waals surface area contributed by atoms with Gasteiger partial charge in [-0.3, -0.25) is 9.69 Å². The van der Waals surface area contributed by atoms with Gasteiger partial charge in [-0.15, -0.1) is 0 Å². The Hall–Kier alpha value is -2.61. The Kier molecular flexibility index (Phi) is 7.99. The van der Waals surface area contributed by atoms with E-state index in [9.17, 15) is 19.5 Å². The molecule has 0 aliphatic rings. The van der Waals surface area contributed by atoms with Gasteiger partial charge < -0.3 is 19.9 Å². The second-order valence-corrected chi connectivity index (χ2v) is 7.96. The number of likely N-dealkylation sites (N-methyl/N-ethyl adjacent to an activating group) is 1. The van der Waals surface area contributed by atoms with Gasteiger partial charge in [-0.1, -0.05) is 30.3 Å². The first-order valence-electron chi connectivity index (χ1n) is 8.97. The lowest BCUT2D eigenvalue weighted by atomic mass is 10.0. The van der Waals surface area contributed by atoms with Crippen molar-refractivity contribution in [2.24, 2.45) is 0 Å². The number of ether oxygens (including phenoxy) is 2. The predicted octanol–water partition coefficient (Wildman–Crippen LogP) is 2.42. The van der Waals surface area contributed by atoms with Crippen molar-refractivity contribution in [3.8, 4) is 0 Å². The third-order valence-electron chi connectivity index (χ3n) is 4.06. The minimum Gasteiger partial charge on any atom is -0.480 e. The number of carbonyl (C=O) groups excluding carboxylic acids is 2. The van der Waals surface area contributed by atoms with Crippen molar-refractivity contribution in [2.45, 2.75) is 58.4 Å². The fourth-order valence-electron chi connectivity index (χ4n) is 2.09. The fraction of sp³-hybridized carbons (Fsp3) is 0.550. The number of hydrogen-bond donors (Lipinski definition) is 2. The van der Waals surface area contributed by atoms with Gasteiger partial charge in [0, 0.05) is 7.05 Å². The third kappa shape index (κ3) is 7.19. The third-order valence-corrected chi connectivity index (χ3v) is 4.06. The van der Waals surface area contributed by atoms with Gasteiger partial charge in [0.2, 0.25) is 5.91 Å². The van der Waals surface area contributed by atoms with Crippen molar-refractivity contribution in [3.05, 3.63) is 35.9 Å². The average molecular weight is 394 g/mol. The molecule has 156 valence electrons. The number of carboxylic acids is 1. The van der Waals surface area contributed by atoms with E-state index in [1.165, 1.54) is 20.9 Å². The first kappa shape index (κ1) is 23.4. The summed E-state index contributed by atoms with van der Waals surface area (Å²) < 4.78 is 10.7. The summed E-state index contributed by atoms with van der Waals surface area (Å²) in [6.07, 6.45) is -0.681. The highest BCUT2D eigenvalue weighted by atomic mass is 16.6. The molecule has 8 nitrogen and oxygen atoms in total. The van der Waals surface area contributed by atoms with E-state index in [-0.39, 0.29) is 13.2 Å². The van der Waals surface area contributed by atoms with Crippen LogP contribution in [0.1, 0.15) is 40.2 Å². The summed E-state index contributed by atoms with van der Waals surface area (Å²) in [5.74, 6) is -1.85. The number of rotatable bonds is 8. The van der Waals surface area contributed by atoms with Gasteiger partial charge in [-0.2, -0.15) is 0 Å². The molecule has 0 saturated heterocycles. The molecule has 0 fully saturated rings. The monoisotopic (exact) mass is 394 g/mol. The number of carbonyl (C=O) groups is 3. The Balaban J connectivity index is 2.70. The molecule has 0 saturated carbocycles. The Morgan fingerprint density at radius 3 is 2.18 bits per heavy atom. The van der Waals surface area contributed by atoms with Crippen LogP contribution < -0.4 is 5.32 Å². The van der Waals surface area contributed by atoms with Crippen molar-refractivity contribution in [2.75, 3.05) is 13.7 Å². The molecule has 0 heterocycles. The number of amides is 2. The summed E-state index contributed by atoms with van der Waals surface area (Å²) in [5, 5.41) is 11.8. The van der Waals surface area contributed by atoms with E-state index in [0.717, 1.165) is 10.5 Å². The highest BCUT2D eigenvalue weighted by molar-refractivity contribution is 5.92. The number of nitrogens with one attached hydrogen (secondary N) is 1. The molecule has 1 unspecified atom stereocenters. The summed E-state index contributed by atoms with van der Waals surface area (Å²) in [6, 6.07) is 8.03. The summed E-state index contributed by atoms with van der Waals surface area (Å²) >= 11 is 0. The maximum absolute atomic E-state index is 12.6. The van der Waals surface area contributed by atoms with E-state index in [1.54, 1.807) is 20.8 Å². The van der Waals surface area contributed by atoms with Crippen molar-refractivity contribution >= 4 is 18.0 Å². The summed E-state index contributed by atoms with van der Waals surface area (Å²) in [5.41, 5.74) is -1.15. The molecule has 8 heteroatoms. The first-order chi connectivity index (χ1) is 12.8. The highest BCUT2D eigenvalue weighted by Crippen LogP contribution is 2.18. The van der Waals surface area contributed by atoms with Crippen molar-refractivity contribution in [1.82, 2.24) is 10.2 Å². The number of benzene rings is 1. The zero-order valence-electron chi connectivity index (χ0n) is 17.3. The molecule has 2 amide bonds. The molecule has 0 bridgehead atoms. The SMILES string of the molecule is CN(C(=O)OC(C)(C)C)C(C)(C)C(=O)NC(COCc1ccccc1)C(=O)O. The molecule has 0 aliphatic carbocycles. The van der Waals surface area contributed by atoms with E-state index in [4.69, 9.17) is 9.47 Å². The van der Waals surface area contributed by atoms with Crippen LogP contribution in [-0.2, 0) is 25.7 Å². The topological polar surface area (TPSA) is 105 Å². The van der Waals surface area contributed by atoms with Crippen LogP contribution in [0.3, 0.4) is 0 Å². The molecule has 1 rings (SSSR count). The van der Waals surface area contributed by atoms with Crippen molar-refractivity contribution in [1.29, 1.82) is 0 Å². The Labute approximate surface area is 165 Å². The second kappa shape index (κ2) is 9.54. The Morgan fingerprint density at radius 1 is 1.11 bits per heavy atom. The molecule has 28 heavy (non-hydrogen) atoms. The van der Waals surface area contributed by atoms with E-state index < -0.39 is 35.2 Å². The first-order valence-corrected chi connectivity index (χ1v) is 8.97. The Bertz CT molecular complexity index is 682. The van der Waals surface area contributed by atoms with Crippen molar-refractivity contribution < 1.29 is 29.0 Å². The zero-order valence-corrected chi connectivity index (χ0v) is 17.3. The predicted molar refractivity (Wildman–Crippen MR) is 104 cm³/mol. The molecule has 2 N–H and O–H groups in total. The number of hydrogen-bond acceptors (Lipinski definition) is 5. The van der Waals surface area contributed by atoms with Crippen LogP contribution in [0.4, 0.5) is 4.79 Å². The lowest BCUT2D eigenvalue weighted by Gasteiger charge is -2.36. The zero-order chi connectivity index (χ0) is 21.5. The van der Waals surface area contributed by atoms with Gasteiger partial charge in [0.1, 0.15) is 11.1 Å².